The van der Waals surface area contributed by atoms with E-state index in [1.54, 1.807) is 24.3 Å². The van der Waals surface area contributed by atoms with Crippen molar-refractivity contribution in [2.24, 2.45) is 0 Å². The highest BCUT2D eigenvalue weighted by Crippen LogP contribution is 2.45. The molecule has 15 heteroatoms. The summed E-state index contributed by atoms with van der Waals surface area (Å²) in [6, 6.07) is 15.8. The zero-order valence-electron chi connectivity index (χ0n) is 22.0. The zero-order chi connectivity index (χ0) is 32.7. The van der Waals surface area contributed by atoms with E-state index < -0.39 is 47.1 Å². The lowest BCUT2D eigenvalue weighted by molar-refractivity contribution is 0.00532. The number of esters is 1. The highest BCUT2D eigenvalue weighted by Gasteiger charge is 2.46. The van der Waals surface area contributed by atoms with Crippen molar-refractivity contribution in [2.75, 3.05) is 6.54 Å². The summed E-state index contributed by atoms with van der Waals surface area (Å²) in [5.41, 5.74) is -0.519. The largest absolute Gasteiger partial charge is 0.423 e. The van der Waals surface area contributed by atoms with Crippen LogP contribution in [0.4, 0.5) is 0 Å². The fourth-order valence-corrected chi connectivity index (χ4v) is 5.83. The molecule has 1 aliphatic heterocycles. The second-order valence-corrected chi connectivity index (χ2v) is 12.5. The van der Waals surface area contributed by atoms with Gasteiger partial charge in [-0.15, -0.1) is 0 Å². The summed E-state index contributed by atoms with van der Waals surface area (Å²) in [5, 5.41) is -0.0514. The van der Waals surface area contributed by atoms with Crippen molar-refractivity contribution in [3.8, 4) is 5.75 Å². The number of ketones is 1. The molecule has 0 atom stereocenters. The molecule has 4 aromatic carbocycles. The standard InChI is InChI=1S/C30H13BrCl6N2O6/c31-16-6-1-14(2-7-16)30(44)45-17-8-3-13(4-9-17)20(40)12-38(27(41)15-5-10-18(32)19(33)11-15)39-28(42)21-22(29(39)43)24(35)26(37)25(36)23(21)34/h1-11H,12H2. The molecule has 45 heavy (non-hydrogen) atoms. The summed E-state index contributed by atoms with van der Waals surface area (Å²) >= 11 is 40.2. The molecule has 4 aromatic rings. The molecule has 0 spiro atoms. The summed E-state index contributed by atoms with van der Waals surface area (Å²) in [5.74, 6) is -4.28. The Morgan fingerprint density at radius 3 is 1.71 bits per heavy atom. The number of carbonyl (C=O) groups is 5. The summed E-state index contributed by atoms with van der Waals surface area (Å²) in [7, 11) is 0. The van der Waals surface area contributed by atoms with Crippen LogP contribution in [-0.4, -0.2) is 46.0 Å². The van der Waals surface area contributed by atoms with Gasteiger partial charge in [-0.25, -0.2) is 9.80 Å². The van der Waals surface area contributed by atoms with E-state index in [4.69, 9.17) is 74.3 Å². The summed E-state index contributed by atoms with van der Waals surface area (Å²) < 4.78 is 6.15. The number of hydrogen-bond acceptors (Lipinski definition) is 6. The highest BCUT2D eigenvalue weighted by molar-refractivity contribution is 9.10. The lowest BCUT2D eigenvalue weighted by Crippen LogP contribution is -2.51. The number of amides is 3. The smallest absolute Gasteiger partial charge is 0.343 e. The zero-order valence-corrected chi connectivity index (χ0v) is 28.2. The van der Waals surface area contributed by atoms with E-state index in [1.165, 1.54) is 42.5 Å². The topological polar surface area (TPSA) is 101 Å². The Labute approximate surface area is 293 Å². The van der Waals surface area contributed by atoms with Crippen LogP contribution in [-0.2, 0) is 0 Å². The number of benzene rings is 4. The van der Waals surface area contributed by atoms with Gasteiger partial charge in [0.1, 0.15) is 12.3 Å². The maximum Gasteiger partial charge on any atom is 0.343 e. The van der Waals surface area contributed by atoms with Gasteiger partial charge in [0.25, 0.3) is 17.7 Å². The number of rotatable bonds is 7. The molecular weight excluding hydrogens is 777 g/mol. The van der Waals surface area contributed by atoms with Crippen molar-refractivity contribution in [3.63, 3.8) is 0 Å². The first-order chi connectivity index (χ1) is 21.3. The number of carbonyl (C=O) groups excluding carboxylic acids is 5. The molecule has 0 fully saturated rings. The number of ether oxygens (including phenoxy) is 1. The normalized spacial score (nSPS) is 12.3. The maximum atomic E-state index is 13.8. The number of hydrazine groups is 1. The van der Waals surface area contributed by atoms with Crippen molar-refractivity contribution in [2.45, 2.75) is 0 Å². The van der Waals surface area contributed by atoms with Crippen molar-refractivity contribution in [3.05, 3.63) is 129 Å². The Balaban J connectivity index is 1.46. The quantitative estimate of drug-likeness (QED) is 0.0463. The van der Waals surface area contributed by atoms with Crippen LogP contribution >= 0.6 is 85.5 Å². The van der Waals surface area contributed by atoms with Crippen LogP contribution in [0, 0.1) is 0 Å². The number of Topliss-reactive ketones (excluding diaryl/α,β-unsaturated/α-hetero) is 1. The van der Waals surface area contributed by atoms with Crippen molar-refractivity contribution >= 4 is 115 Å². The third-order valence-electron chi connectivity index (χ3n) is 6.48. The Bertz CT molecular complexity index is 1890. The number of fused-ring (bicyclic) bond motifs is 1. The first-order valence-electron chi connectivity index (χ1n) is 12.4. The number of hydrogen-bond donors (Lipinski definition) is 0. The molecule has 0 N–H and O–H groups in total. The van der Waals surface area contributed by atoms with Crippen LogP contribution in [0.25, 0.3) is 0 Å². The molecule has 0 aromatic heterocycles. The third-order valence-corrected chi connectivity index (χ3v) is 9.55. The van der Waals surface area contributed by atoms with Gasteiger partial charge < -0.3 is 4.74 Å². The van der Waals surface area contributed by atoms with Crippen molar-refractivity contribution in [1.82, 2.24) is 10.0 Å². The Morgan fingerprint density at radius 1 is 0.667 bits per heavy atom. The van der Waals surface area contributed by atoms with Crippen molar-refractivity contribution < 1.29 is 28.7 Å². The lowest BCUT2D eigenvalue weighted by Gasteiger charge is -2.29. The van der Waals surface area contributed by atoms with E-state index in [2.05, 4.69) is 15.9 Å². The van der Waals surface area contributed by atoms with E-state index in [-0.39, 0.29) is 47.0 Å². The molecule has 0 unspecified atom stereocenters. The Hall–Kier alpha value is -3.15. The number of imide groups is 1. The molecule has 1 aliphatic rings. The summed E-state index contributed by atoms with van der Waals surface area (Å²) in [6.07, 6.45) is 0. The molecule has 0 radical (unpaired) electrons. The molecular formula is C30H13BrCl6N2O6. The average Bonchev–Trinajstić information content (AvgIpc) is 3.28. The minimum absolute atomic E-state index is 0.00841. The number of halogens is 7. The van der Waals surface area contributed by atoms with Crippen LogP contribution in [0.5, 0.6) is 5.75 Å². The van der Waals surface area contributed by atoms with E-state index in [9.17, 15) is 24.0 Å². The van der Waals surface area contributed by atoms with Crippen LogP contribution in [0.1, 0.15) is 51.8 Å². The maximum absolute atomic E-state index is 13.8. The fraction of sp³-hybridized carbons (Fsp3) is 0.0333. The van der Waals surface area contributed by atoms with Gasteiger partial charge in [0.05, 0.1) is 46.8 Å². The number of nitrogens with zero attached hydrogens (tertiary/aromatic N) is 2. The first-order valence-corrected chi connectivity index (χ1v) is 15.5. The predicted molar refractivity (Wildman–Crippen MR) is 174 cm³/mol. The van der Waals surface area contributed by atoms with Gasteiger partial charge in [0.2, 0.25) is 0 Å². The molecule has 0 bridgehead atoms. The lowest BCUT2D eigenvalue weighted by atomic mass is 10.1. The second-order valence-electron chi connectivity index (χ2n) is 9.26. The first kappa shape index (κ1) is 33.2. The van der Waals surface area contributed by atoms with Gasteiger partial charge in [-0.05, 0) is 66.7 Å². The molecule has 1 heterocycles. The Morgan fingerprint density at radius 2 is 1.18 bits per heavy atom. The summed E-state index contributed by atoms with van der Waals surface area (Å²) in [4.78, 5) is 66.9. The van der Waals surface area contributed by atoms with Gasteiger partial charge in [-0.3, -0.25) is 19.2 Å². The molecule has 228 valence electrons. The highest BCUT2D eigenvalue weighted by atomic mass is 79.9. The Kier molecular flexibility index (Phi) is 9.82. The van der Waals surface area contributed by atoms with Gasteiger partial charge in [-0.1, -0.05) is 85.5 Å². The molecule has 0 saturated carbocycles. The van der Waals surface area contributed by atoms with E-state index >= 15 is 0 Å². The molecule has 0 aliphatic carbocycles. The van der Waals surface area contributed by atoms with E-state index in [0.29, 0.717) is 15.6 Å². The average molecular weight is 790 g/mol. The molecule has 0 saturated heterocycles. The van der Waals surface area contributed by atoms with Gasteiger partial charge in [0, 0.05) is 15.6 Å². The summed E-state index contributed by atoms with van der Waals surface area (Å²) in [6.45, 7) is -0.806. The fourth-order valence-electron chi connectivity index (χ4n) is 4.26. The van der Waals surface area contributed by atoms with E-state index in [0.717, 1.165) is 4.47 Å². The van der Waals surface area contributed by atoms with Crippen LogP contribution in [0.3, 0.4) is 0 Å². The molecule has 3 amide bonds. The minimum Gasteiger partial charge on any atom is -0.423 e. The van der Waals surface area contributed by atoms with Crippen molar-refractivity contribution in [1.29, 1.82) is 0 Å². The van der Waals surface area contributed by atoms with Gasteiger partial charge >= 0.3 is 5.97 Å². The van der Waals surface area contributed by atoms with Crippen LogP contribution in [0.2, 0.25) is 30.1 Å². The monoisotopic (exact) mass is 786 g/mol. The third kappa shape index (κ3) is 6.44. The predicted octanol–water partition coefficient (Wildman–Crippen LogP) is 9.12. The van der Waals surface area contributed by atoms with Crippen LogP contribution < -0.4 is 4.74 Å². The van der Waals surface area contributed by atoms with Crippen LogP contribution in [0.15, 0.2) is 71.2 Å². The van der Waals surface area contributed by atoms with Gasteiger partial charge in [-0.2, -0.15) is 5.01 Å². The second kappa shape index (κ2) is 13.3. The SMILES string of the molecule is O=C(CN(C(=O)c1ccc(Cl)c(Cl)c1)N1C(=O)c2c(Cl)c(Cl)c(Cl)c(Cl)c2C1=O)c1ccc(OC(=O)c2ccc(Br)cc2)cc1. The molecule has 8 nitrogen and oxygen atoms in total. The van der Waals surface area contributed by atoms with Gasteiger partial charge in [0.15, 0.2) is 5.78 Å². The minimum atomic E-state index is -1.07. The molecule has 5 rings (SSSR count). The van der Waals surface area contributed by atoms with E-state index in [1.807, 2.05) is 0 Å².